The summed E-state index contributed by atoms with van der Waals surface area (Å²) >= 11 is 0. The Morgan fingerprint density at radius 3 is 2.93 bits per heavy atom. The van der Waals surface area contributed by atoms with Crippen LogP contribution in [0.4, 0.5) is 0 Å². The third-order valence-electron chi connectivity index (χ3n) is 2.83. The SMILES string of the molecule is COc1cccc(C[C@@H](N)C2CC2)c1. The van der Waals surface area contributed by atoms with Crippen LogP contribution in [0, 0.1) is 5.92 Å². The summed E-state index contributed by atoms with van der Waals surface area (Å²) in [5, 5.41) is 0. The normalized spacial score (nSPS) is 17.9. The third-order valence-corrected chi connectivity index (χ3v) is 2.83. The van der Waals surface area contributed by atoms with E-state index in [0.717, 1.165) is 18.1 Å². The number of ether oxygens (including phenoxy) is 1. The van der Waals surface area contributed by atoms with Crippen LogP contribution in [0.3, 0.4) is 0 Å². The third kappa shape index (κ3) is 2.26. The number of nitrogens with two attached hydrogens (primary N) is 1. The largest absolute Gasteiger partial charge is 0.497 e. The molecule has 1 aliphatic rings. The van der Waals surface area contributed by atoms with Gasteiger partial charge in [0, 0.05) is 6.04 Å². The molecule has 1 atom stereocenters. The van der Waals surface area contributed by atoms with Gasteiger partial charge < -0.3 is 10.5 Å². The van der Waals surface area contributed by atoms with Gasteiger partial charge in [0.15, 0.2) is 0 Å². The lowest BCUT2D eigenvalue weighted by Gasteiger charge is -2.10. The van der Waals surface area contributed by atoms with Gasteiger partial charge in [0.05, 0.1) is 7.11 Å². The number of benzene rings is 1. The number of rotatable bonds is 4. The van der Waals surface area contributed by atoms with Crippen molar-refractivity contribution >= 4 is 0 Å². The van der Waals surface area contributed by atoms with Crippen LogP contribution in [0.5, 0.6) is 5.75 Å². The van der Waals surface area contributed by atoms with E-state index in [2.05, 4.69) is 12.1 Å². The Balaban J connectivity index is 2.00. The smallest absolute Gasteiger partial charge is 0.119 e. The predicted molar refractivity (Wildman–Crippen MR) is 57.4 cm³/mol. The van der Waals surface area contributed by atoms with E-state index in [1.807, 2.05) is 12.1 Å². The monoisotopic (exact) mass is 191 g/mol. The molecule has 0 spiro atoms. The van der Waals surface area contributed by atoms with Crippen LogP contribution in [0.1, 0.15) is 18.4 Å². The van der Waals surface area contributed by atoms with Crippen molar-refractivity contribution < 1.29 is 4.74 Å². The van der Waals surface area contributed by atoms with Gasteiger partial charge >= 0.3 is 0 Å². The maximum atomic E-state index is 6.06. The second kappa shape index (κ2) is 4.01. The first-order valence-corrected chi connectivity index (χ1v) is 5.18. The predicted octanol–water partition coefficient (Wildman–Crippen LogP) is 1.98. The Bertz CT molecular complexity index is 307. The quantitative estimate of drug-likeness (QED) is 0.789. The van der Waals surface area contributed by atoms with E-state index in [1.54, 1.807) is 7.11 Å². The van der Waals surface area contributed by atoms with Crippen molar-refractivity contribution in [1.82, 2.24) is 0 Å². The second-order valence-corrected chi connectivity index (χ2v) is 4.06. The molecule has 1 aromatic carbocycles. The fourth-order valence-corrected chi connectivity index (χ4v) is 1.76. The van der Waals surface area contributed by atoms with Gasteiger partial charge in [-0.15, -0.1) is 0 Å². The van der Waals surface area contributed by atoms with Crippen molar-refractivity contribution in [3.8, 4) is 5.75 Å². The molecule has 2 N–H and O–H groups in total. The summed E-state index contributed by atoms with van der Waals surface area (Å²) in [6.45, 7) is 0. The highest BCUT2D eigenvalue weighted by Gasteiger charge is 2.28. The fraction of sp³-hybridized carbons (Fsp3) is 0.500. The molecule has 0 unspecified atom stereocenters. The summed E-state index contributed by atoms with van der Waals surface area (Å²) in [5.74, 6) is 1.69. The molecule has 1 saturated carbocycles. The van der Waals surface area contributed by atoms with Gasteiger partial charge in [-0.2, -0.15) is 0 Å². The highest BCUT2D eigenvalue weighted by atomic mass is 16.5. The standard InChI is InChI=1S/C12H17NO/c1-14-11-4-2-3-9(7-11)8-12(13)10-5-6-10/h2-4,7,10,12H,5-6,8,13H2,1H3/t12-/m1/s1. The first kappa shape index (κ1) is 9.53. The Morgan fingerprint density at radius 1 is 1.50 bits per heavy atom. The molecule has 14 heavy (non-hydrogen) atoms. The van der Waals surface area contributed by atoms with Crippen molar-refractivity contribution in [3.05, 3.63) is 29.8 Å². The molecule has 1 aromatic rings. The van der Waals surface area contributed by atoms with Crippen LogP contribution in [0.2, 0.25) is 0 Å². The van der Waals surface area contributed by atoms with Gasteiger partial charge in [0.2, 0.25) is 0 Å². The van der Waals surface area contributed by atoms with Crippen molar-refractivity contribution in [3.63, 3.8) is 0 Å². The molecule has 0 amide bonds. The molecule has 0 saturated heterocycles. The molecule has 0 radical (unpaired) electrons. The lowest BCUT2D eigenvalue weighted by Crippen LogP contribution is -2.24. The summed E-state index contributed by atoms with van der Waals surface area (Å²) in [5.41, 5.74) is 7.34. The van der Waals surface area contributed by atoms with E-state index >= 15 is 0 Å². The Morgan fingerprint density at radius 2 is 2.29 bits per heavy atom. The summed E-state index contributed by atoms with van der Waals surface area (Å²) in [6.07, 6.45) is 3.60. The van der Waals surface area contributed by atoms with Gasteiger partial charge in [0.1, 0.15) is 5.75 Å². The Hall–Kier alpha value is -1.02. The molecule has 2 nitrogen and oxygen atoms in total. The van der Waals surface area contributed by atoms with Crippen molar-refractivity contribution in [1.29, 1.82) is 0 Å². The van der Waals surface area contributed by atoms with Crippen LogP contribution in [0.15, 0.2) is 24.3 Å². The van der Waals surface area contributed by atoms with Gasteiger partial charge in [-0.3, -0.25) is 0 Å². The minimum atomic E-state index is 0.335. The zero-order valence-corrected chi connectivity index (χ0v) is 8.57. The van der Waals surface area contributed by atoms with Gasteiger partial charge in [-0.25, -0.2) is 0 Å². The number of hydrogen-bond acceptors (Lipinski definition) is 2. The first-order valence-electron chi connectivity index (χ1n) is 5.18. The lowest BCUT2D eigenvalue weighted by molar-refractivity contribution is 0.414. The Labute approximate surface area is 85.1 Å². The minimum absolute atomic E-state index is 0.335. The molecule has 1 fully saturated rings. The molecule has 0 heterocycles. The highest BCUT2D eigenvalue weighted by molar-refractivity contribution is 5.29. The molecule has 2 heteroatoms. The topological polar surface area (TPSA) is 35.2 Å². The van der Waals surface area contributed by atoms with Gasteiger partial charge in [-0.05, 0) is 42.9 Å². The maximum Gasteiger partial charge on any atom is 0.119 e. The van der Waals surface area contributed by atoms with E-state index in [0.29, 0.717) is 6.04 Å². The number of methoxy groups -OCH3 is 1. The van der Waals surface area contributed by atoms with Crippen LogP contribution >= 0.6 is 0 Å². The maximum absolute atomic E-state index is 6.06. The molecule has 0 aromatic heterocycles. The molecular formula is C12H17NO. The van der Waals surface area contributed by atoms with Gasteiger partial charge in [-0.1, -0.05) is 12.1 Å². The molecule has 1 aliphatic carbocycles. The van der Waals surface area contributed by atoms with Crippen molar-refractivity contribution in [2.75, 3.05) is 7.11 Å². The zero-order valence-electron chi connectivity index (χ0n) is 8.57. The summed E-state index contributed by atoms with van der Waals surface area (Å²) in [7, 11) is 1.69. The molecule has 0 aliphatic heterocycles. The minimum Gasteiger partial charge on any atom is -0.497 e. The van der Waals surface area contributed by atoms with E-state index in [-0.39, 0.29) is 0 Å². The average molecular weight is 191 g/mol. The van der Waals surface area contributed by atoms with E-state index in [4.69, 9.17) is 10.5 Å². The fourth-order valence-electron chi connectivity index (χ4n) is 1.76. The van der Waals surface area contributed by atoms with Crippen LogP contribution in [-0.2, 0) is 6.42 Å². The van der Waals surface area contributed by atoms with E-state index in [9.17, 15) is 0 Å². The summed E-state index contributed by atoms with van der Waals surface area (Å²) in [4.78, 5) is 0. The van der Waals surface area contributed by atoms with Crippen LogP contribution in [0.25, 0.3) is 0 Å². The zero-order chi connectivity index (χ0) is 9.97. The summed E-state index contributed by atoms with van der Waals surface area (Å²) < 4.78 is 5.17. The van der Waals surface area contributed by atoms with Crippen LogP contribution < -0.4 is 10.5 Å². The summed E-state index contributed by atoms with van der Waals surface area (Å²) in [6, 6.07) is 8.51. The molecule has 2 rings (SSSR count). The van der Waals surface area contributed by atoms with E-state index < -0.39 is 0 Å². The first-order chi connectivity index (χ1) is 6.79. The van der Waals surface area contributed by atoms with Crippen molar-refractivity contribution in [2.45, 2.75) is 25.3 Å². The number of hydrogen-bond donors (Lipinski definition) is 1. The van der Waals surface area contributed by atoms with Crippen molar-refractivity contribution in [2.24, 2.45) is 11.7 Å². The van der Waals surface area contributed by atoms with E-state index in [1.165, 1.54) is 18.4 Å². The second-order valence-electron chi connectivity index (χ2n) is 4.06. The van der Waals surface area contributed by atoms with Gasteiger partial charge in [0.25, 0.3) is 0 Å². The molecular weight excluding hydrogens is 174 g/mol. The molecule has 76 valence electrons. The Kier molecular flexibility index (Phi) is 2.73. The lowest BCUT2D eigenvalue weighted by atomic mass is 10.0. The average Bonchev–Trinajstić information content (AvgIpc) is 3.01. The molecule has 0 bridgehead atoms. The van der Waals surface area contributed by atoms with Crippen LogP contribution in [-0.4, -0.2) is 13.2 Å². The highest BCUT2D eigenvalue weighted by Crippen LogP contribution is 2.33.